The molecule has 110 valence electrons. The number of rotatable bonds is 8. The molecule has 0 aliphatic heterocycles. The molecule has 0 bridgehead atoms. The largest absolute Gasteiger partial charge is 0.394 e. The molecule has 0 aliphatic rings. The third-order valence-corrected chi connectivity index (χ3v) is 2.96. The SMILES string of the molecule is CCC(CO)NC(=O)CCNC(=O)Cc1ccccc1. The monoisotopic (exact) mass is 278 g/mol. The second kappa shape index (κ2) is 9.09. The van der Waals surface area contributed by atoms with Crippen molar-refractivity contribution in [1.29, 1.82) is 0 Å². The number of aliphatic hydroxyl groups is 1. The molecule has 1 atom stereocenters. The van der Waals surface area contributed by atoms with Crippen LogP contribution < -0.4 is 10.6 Å². The van der Waals surface area contributed by atoms with Gasteiger partial charge in [-0.15, -0.1) is 0 Å². The third kappa shape index (κ3) is 6.33. The van der Waals surface area contributed by atoms with E-state index in [9.17, 15) is 9.59 Å². The van der Waals surface area contributed by atoms with Crippen LogP contribution in [0, 0.1) is 0 Å². The quantitative estimate of drug-likeness (QED) is 0.652. The Balaban J connectivity index is 2.20. The molecule has 20 heavy (non-hydrogen) atoms. The number of aliphatic hydroxyl groups excluding tert-OH is 1. The first-order chi connectivity index (χ1) is 9.65. The summed E-state index contributed by atoms with van der Waals surface area (Å²) in [5, 5.41) is 14.4. The number of carbonyl (C=O) groups excluding carboxylic acids is 2. The normalized spacial score (nSPS) is 11.7. The predicted molar refractivity (Wildman–Crippen MR) is 77.1 cm³/mol. The minimum atomic E-state index is -0.206. The summed E-state index contributed by atoms with van der Waals surface area (Å²) in [6.07, 6.45) is 1.22. The highest BCUT2D eigenvalue weighted by molar-refractivity contribution is 5.80. The Labute approximate surface area is 119 Å². The fourth-order valence-corrected chi connectivity index (χ4v) is 1.74. The standard InChI is InChI=1S/C15H22N2O3/c1-2-13(11-18)17-14(19)8-9-16-15(20)10-12-6-4-3-5-7-12/h3-7,13,18H,2,8-11H2,1H3,(H,16,20)(H,17,19). The topological polar surface area (TPSA) is 78.4 Å². The van der Waals surface area contributed by atoms with E-state index in [0.29, 0.717) is 19.4 Å². The zero-order valence-electron chi connectivity index (χ0n) is 11.8. The van der Waals surface area contributed by atoms with Crippen molar-refractivity contribution in [2.24, 2.45) is 0 Å². The number of carbonyl (C=O) groups is 2. The van der Waals surface area contributed by atoms with E-state index in [1.807, 2.05) is 37.3 Å². The van der Waals surface area contributed by atoms with Crippen molar-refractivity contribution in [3.05, 3.63) is 35.9 Å². The zero-order chi connectivity index (χ0) is 14.8. The zero-order valence-corrected chi connectivity index (χ0v) is 11.8. The molecule has 0 fully saturated rings. The van der Waals surface area contributed by atoms with E-state index in [2.05, 4.69) is 10.6 Å². The van der Waals surface area contributed by atoms with Gasteiger partial charge in [-0.2, -0.15) is 0 Å². The first-order valence-corrected chi connectivity index (χ1v) is 6.86. The highest BCUT2D eigenvalue weighted by Crippen LogP contribution is 1.99. The highest BCUT2D eigenvalue weighted by Gasteiger charge is 2.09. The van der Waals surface area contributed by atoms with Crippen molar-refractivity contribution < 1.29 is 14.7 Å². The van der Waals surface area contributed by atoms with Crippen LogP contribution in [0.25, 0.3) is 0 Å². The van der Waals surface area contributed by atoms with Gasteiger partial charge in [-0.05, 0) is 12.0 Å². The summed E-state index contributed by atoms with van der Waals surface area (Å²) in [6, 6.07) is 9.24. The van der Waals surface area contributed by atoms with Gasteiger partial charge in [0.2, 0.25) is 11.8 Å². The number of nitrogens with one attached hydrogen (secondary N) is 2. The van der Waals surface area contributed by atoms with Crippen molar-refractivity contribution in [3.8, 4) is 0 Å². The van der Waals surface area contributed by atoms with Gasteiger partial charge >= 0.3 is 0 Å². The summed E-state index contributed by atoms with van der Waals surface area (Å²) in [6.45, 7) is 2.13. The summed E-state index contributed by atoms with van der Waals surface area (Å²) < 4.78 is 0. The maximum Gasteiger partial charge on any atom is 0.224 e. The molecule has 0 aromatic heterocycles. The smallest absolute Gasteiger partial charge is 0.224 e. The number of hydrogen-bond acceptors (Lipinski definition) is 3. The van der Waals surface area contributed by atoms with E-state index in [-0.39, 0.29) is 30.9 Å². The predicted octanol–water partition coefficient (Wildman–Crippen LogP) is 0.623. The Hall–Kier alpha value is -1.88. The van der Waals surface area contributed by atoms with E-state index >= 15 is 0 Å². The van der Waals surface area contributed by atoms with Crippen molar-refractivity contribution in [2.45, 2.75) is 32.2 Å². The Morgan fingerprint density at radius 3 is 2.50 bits per heavy atom. The Morgan fingerprint density at radius 1 is 1.20 bits per heavy atom. The van der Waals surface area contributed by atoms with Crippen LogP contribution in [0.2, 0.25) is 0 Å². The lowest BCUT2D eigenvalue weighted by molar-refractivity contribution is -0.122. The van der Waals surface area contributed by atoms with Crippen molar-refractivity contribution in [2.75, 3.05) is 13.2 Å². The summed E-state index contributed by atoms with van der Waals surface area (Å²) in [4.78, 5) is 23.2. The van der Waals surface area contributed by atoms with Crippen LogP contribution in [-0.4, -0.2) is 36.1 Å². The van der Waals surface area contributed by atoms with E-state index in [4.69, 9.17) is 5.11 Å². The molecular formula is C15H22N2O3. The molecule has 0 spiro atoms. The van der Waals surface area contributed by atoms with E-state index in [1.165, 1.54) is 0 Å². The number of amides is 2. The molecule has 5 heteroatoms. The molecule has 5 nitrogen and oxygen atoms in total. The summed E-state index contributed by atoms with van der Waals surface area (Å²) >= 11 is 0. The summed E-state index contributed by atoms with van der Waals surface area (Å²) in [5.41, 5.74) is 0.945. The van der Waals surface area contributed by atoms with Crippen LogP contribution in [0.4, 0.5) is 0 Å². The fraction of sp³-hybridized carbons (Fsp3) is 0.467. The van der Waals surface area contributed by atoms with Gasteiger partial charge in [0.15, 0.2) is 0 Å². The molecule has 1 aromatic carbocycles. The van der Waals surface area contributed by atoms with Crippen LogP contribution in [0.15, 0.2) is 30.3 Å². The Morgan fingerprint density at radius 2 is 1.90 bits per heavy atom. The van der Waals surface area contributed by atoms with Crippen LogP contribution >= 0.6 is 0 Å². The van der Waals surface area contributed by atoms with Crippen LogP contribution in [0.5, 0.6) is 0 Å². The highest BCUT2D eigenvalue weighted by atomic mass is 16.3. The van der Waals surface area contributed by atoms with Crippen molar-refractivity contribution in [3.63, 3.8) is 0 Å². The maximum absolute atomic E-state index is 11.6. The molecule has 1 rings (SSSR count). The molecule has 1 aromatic rings. The molecule has 0 saturated carbocycles. The third-order valence-electron chi connectivity index (χ3n) is 2.96. The molecule has 0 heterocycles. The number of benzene rings is 1. The van der Waals surface area contributed by atoms with Gasteiger partial charge in [0.05, 0.1) is 19.1 Å². The second-order valence-electron chi connectivity index (χ2n) is 4.62. The van der Waals surface area contributed by atoms with Gasteiger partial charge in [-0.1, -0.05) is 37.3 Å². The van der Waals surface area contributed by atoms with Gasteiger partial charge < -0.3 is 15.7 Å². The van der Waals surface area contributed by atoms with Crippen molar-refractivity contribution in [1.82, 2.24) is 10.6 Å². The summed E-state index contributed by atoms with van der Waals surface area (Å²) in [5.74, 6) is -0.260. The van der Waals surface area contributed by atoms with E-state index in [1.54, 1.807) is 0 Å². The average Bonchev–Trinajstić information content (AvgIpc) is 2.45. The van der Waals surface area contributed by atoms with Gasteiger partial charge in [-0.3, -0.25) is 9.59 Å². The maximum atomic E-state index is 11.6. The Bertz CT molecular complexity index is 416. The lowest BCUT2D eigenvalue weighted by atomic mass is 10.1. The minimum Gasteiger partial charge on any atom is -0.394 e. The lowest BCUT2D eigenvalue weighted by Gasteiger charge is -2.14. The van der Waals surface area contributed by atoms with Gasteiger partial charge in [0.1, 0.15) is 0 Å². The molecule has 2 amide bonds. The minimum absolute atomic E-state index is 0.0669. The van der Waals surface area contributed by atoms with Crippen LogP contribution in [0.3, 0.4) is 0 Å². The Kier molecular flexibility index (Phi) is 7.35. The van der Waals surface area contributed by atoms with Gasteiger partial charge in [-0.25, -0.2) is 0 Å². The van der Waals surface area contributed by atoms with E-state index < -0.39 is 0 Å². The molecular weight excluding hydrogens is 256 g/mol. The van der Waals surface area contributed by atoms with Crippen LogP contribution in [0.1, 0.15) is 25.3 Å². The lowest BCUT2D eigenvalue weighted by Crippen LogP contribution is -2.38. The second-order valence-corrected chi connectivity index (χ2v) is 4.62. The molecule has 0 saturated heterocycles. The van der Waals surface area contributed by atoms with Gasteiger partial charge in [0, 0.05) is 13.0 Å². The average molecular weight is 278 g/mol. The van der Waals surface area contributed by atoms with Crippen LogP contribution in [-0.2, 0) is 16.0 Å². The number of hydrogen-bond donors (Lipinski definition) is 3. The molecule has 3 N–H and O–H groups in total. The fourth-order valence-electron chi connectivity index (χ4n) is 1.74. The summed E-state index contributed by atoms with van der Waals surface area (Å²) in [7, 11) is 0. The molecule has 0 aliphatic carbocycles. The van der Waals surface area contributed by atoms with E-state index in [0.717, 1.165) is 5.56 Å². The van der Waals surface area contributed by atoms with Crippen molar-refractivity contribution >= 4 is 11.8 Å². The van der Waals surface area contributed by atoms with Gasteiger partial charge in [0.25, 0.3) is 0 Å². The molecule has 1 unspecified atom stereocenters. The molecule has 0 radical (unpaired) electrons. The first-order valence-electron chi connectivity index (χ1n) is 6.86. The first kappa shape index (κ1) is 16.2.